The van der Waals surface area contributed by atoms with Crippen LogP contribution in [-0.4, -0.2) is 41.9 Å². The zero-order chi connectivity index (χ0) is 12.0. The molecule has 0 aromatic heterocycles. The van der Waals surface area contributed by atoms with Gasteiger partial charge in [-0.25, -0.2) is 4.79 Å². The van der Waals surface area contributed by atoms with E-state index in [9.17, 15) is 9.90 Å². The summed E-state index contributed by atoms with van der Waals surface area (Å²) in [7, 11) is 0. The fourth-order valence-electron chi connectivity index (χ4n) is 1.93. The highest BCUT2D eigenvalue weighted by Crippen LogP contribution is 2.17. The van der Waals surface area contributed by atoms with Gasteiger partial charge in [0.05, 0.1) is 19.3 Å². The third kappa shape index (κ3) is 4.00. The Balaban J connectivity index is 2.49. The number of hydrogen-bond donors (Lipinski definition) is 1. The van der Waals surface area contributed by atoms with Crippen molar-refractivity contribution in [1.82, 2.24) is 4.90 Å². The van der Waals surface area contributed by atoms with Crippen molar-refractivity contribution in [2.45, 2.75) is 45.6 Å². The molecule has 0 aromatic rings. The minimum absolute atomic E-state index is 0.0385. The smallest absolute Gasteiger partial charge is 0.410 e. The lowest BCUT2D eigenvalue weighted by Crippen LogP contribution is -2.42. The van der Waals surface area contributed by atoms with Gasteiger partial charge in [-0.05, 0) is 18.8 Å². The number of ether oxygens (including phenoxy) is 1. The summed E-state index contributed by atoms with van der Waals surface area (Å²) in [5.74, 6) is 0.350. The van der Waals surface area contributed by atoms with Gasteiger partial charge in [-0.3, -0.25) is 0 Å². The lowest BCUT2D eigenvalue weighted by molar-refractivity contribution is 0.0631. The van der Waals surface area contributed by atoms with Crippen molar-refractivity contribution in [2.24, 2.45) is 5.92 Å². The Hall–Kier alpha value is -0.770. The molecule has 0 aliphatic carbocycles. The van der Waals surface area contributed by atoms with E-state index in [4.69, 9.17) is 4.74 Å². The van der Waals surface area contributed by atoms with Gasteiger partial charge < -0.3 is 14.7 Å². The Bertz CT molecular complexity index is 218. The van der Waals surface area contributed by atoms with E-state index in [1.807, 2.05) is 13.8 Å². The third-order valence-corrected chi connectivity index (χ3v) is 2.86. The summed E-state index contributed by atoms with van der Waals surface area (Å²) in [4.78, 5) is 13.5. The Kier molecular flexibility index (Phi) is 5.60. The Morgan fingerprint density at radius 3 is 2.81 bits per heavy atom. The molecule has 0 aromatic carbocycles. The quantitative estimate of drug-likeness (QED) is 0.805. The van der Waals surface area contributed by atoms with E-state index >= 15 is 0 Å². The van der Waals surface area contributed by atoms with Crippen LogP contribution in [-0.2, 0) is 4.74 Å². The normalized spacial score (nSPS) is 22.0. The predicted molar refractivity (Wildman–Crippen MR) is 62.2 cm³/mol. The summed E-state index contributed by atoms with van der Waals surface area (Å²) in [6.45, 7) is 5.23. The van der Waals surface area contributed by atoms with Crippen LogP contribution in [0.4, 0.5) is 4.79 Å². The lowest BCUT2D eigenvalue weighted by atomic mass is 10.1. The molecule has 0 spiro atoms. The van der Waals surface area contributed by atoms with E-state index in [1.54, 1.807) is 4.90 Å². The molecule has 0 saturated carbocycles. The molecule has 4 heteroatoms. The Labute approximate surface area is 97.6 Å². The molecule has 1 heterocycles. The van der Waals surface area contributed by atoms with Gasteiger partial charge in [0, 0.05) is 6.54 Å². The highest BCUT2D eigenvalue weighted by molar-refractivity contribution is 5.68. The van der Waals surface area contributed by atoms with Gasteiger partial charge in [-0.2, -0.15) is 0 Å². The standard InChI is InChI=1S/C12H23NO3/c1-10(2)9-16-12(15)13-7-5-3-4-6-11(13)8-14/h10-11,14H,3-9H2,1-2H3. The van der Waals surface area contributed by atoms with Crippen LogP contribution in [0.15, 0.2) is 0 Å². The fraction of sp³-hybridized carbons (Fsp3) is 0.917. The summed E-state index contributed by atoms with van der Waals surface area (Å²) in [5, 5.41) is 9.26. The second kappa shape index (κ2) is 6.74. The highest BCUT2D eigenvalue weighted by atomic mass is 16.6. The van der Waals surface area contributed by atoms with Crippen LogP contribution in [0.1, 0.15) is 39.5 Å². The minimum atomic E-state index is -0.269. The van der Waals surface area contributed by atoms with Crippen molar-refractivity contribution in [3.05, 3.63) is 0 Å². The molecule has 1 aliphatic rings. The topological polar surface area (TPSA) is 49.8 Å². The summed E-state index contributed by atoms with van der Waals surface area (Å²) >= 11 is 0. The van der Waals surface area contributed by atoms with Crippen molar-refractivity contribution in [1.29, 1.82) is 0 Å². The number of nitrogens with zero attached hydrogens (tertiary/aromatic N) is 1. The maximum absolute atomic E-state index is 11.8. The highest BCUT2D eigenvalue weighted by Gasteiger charge is 2.25. The first-order chi connectivity index (χ1) is 7.65. The van der Waals surface area contributed by atoms with Crippen molar-refractivity contribution in [3.8, 4) is 0 Å². The number of carbonyl (C=O) groups excluding carboxylic acids is 1. The molecule has 4 nitrogen and oxygen atoms in total. The molecule has 16 heavy (non-hydrogen) atoms. The van der Waals surface area contributed by atoms with Crippen LogP contribution in [0.2, 0.25) is 0 Å². The second-order valence-corrected chi connectivity index (χ2v) is 4.85. The van der Waals surface area contributed by atoms with Gasteiger partial charge in [0.25, 0.3) is 0 Å². The van der Waals surface area contributed by atoms with Crippen molar-refractivity contribution < 1.29 is 14.6 Å². The van der Waals surface area contributed by atoms with Gasteiger partial charge >= 0.3 is 6.09 Å². The van der Waals surface area contributed by atoms with Gasteiger partial charge in [-0.1, -0.05) is 26.7 Å². The molecule has 1 aliphatic heterocycles. The lowest BCUT2D eigenvalue weighted by Gasteiger charge is -2.28. The largest absolute Gasteiger partial charge is 0.449 e. The van der Waals surface area contributed by atoms with Gasteiger partial charge in [0.1, 0.15) is 0 Å². The number of amides is 1. The molecule has 0 radical (unpaired) electrons. The zero-order valence-electron chi connectivity index (χ0n) is 10.3. The molecule has 1 amide bonds. The number of aliphatic hydroxyl groups excluding tert-OH is 1. The fourth-order valence-corrected chi connectivity index (χ4v) is 1.93. The van der Waals surface area contributed by atoms with Crippen LogP contribution in [0.3, 0.4) is 0 Å². The number of aliphatic hydroxyl groups is 1. The van der Waals surface area contributed by atoms with Crippen LogP contribution in [0, 0.1) is 5.92 Å². The van der Waals surface area contributed by atoms with E-state index in [1.165, 1.54) is 0 Å². The van der Waals surface area contributed by atoms with Crippen LogP contribution in [0.5, 0.6) is 0 Å². The van der Waals surface area contributed by atoms with E-state index in [2.05, 4.69) is 0 Å². The van der Waals surface area contributed by atoms with Crippen LogP contribution < -0.4 is 0 Å². The second-order valence-electron chi connectivity index (χ2n) is 4.85. The molecule has 1 atom stereocenters. The molecule has 0 bridgehead atoms. The van der Waals surface area contributed by atoms with E-state index in [0.29, 0.717) is 19.1 Å². The minimum Gasteiger partial charge on any atom is -0.449 e. The molecular weight excluding hydrogens is 206 g/mol. The first-order valence-electron chi connectivity index (χ1n) is 6.19. The summed E-state index contributed by atoms with van der Waals surface area (Å²) in [6.07, 6.45) is 3.83. The molecule has 1 fully saturated rings. The SMILES string of the molecule is CC(C)COC(=O)N1CCCCCC1CO. The molecule has 1 unspecified atom stereocenters. The molecule has 1 N–H and O–H groups in total. The molecular formula is C12H23NO3. The predicted octanol–water partition coefficient (Wildman–Crippen LogP) is 2.02. The van der Waals surface area contributed by atoms with Crippen LogP contribution >= 0.6 is 0 Å². The van der Waals surface area contributed by atoms with Crippen molar-refractivity contribution in [3.63, 3.8) is 0 Å². The maximum Gasteiger partial charge on any atom is 0.410 e. The van der Waals surface area contributed by atoms with Crippen molar-refractivity contribution in [2.75, 3.05) is 19.8 Å². The van der Waals surface area contributed by atoms with Gasteiger partial charge in [0.15, 0.2) is 0 Å². The van der Waals surface area contributed by atoms with E-state index in [-0.39, 0.29) is 18.7 Å². The molecule has 1 rings (SSSR count). The first-order valence-corrected chi connectivity index (χ1v) is 6.19. The van der Waals surface area contributed by atoms with Crippen molar-refractivity contribution >= 4 is 6.09 Å². The third-order valence-electron chi connectivity index (χ3n) is 2.86. The molecule has 1 saturated heterocycles. The number of hydrogen-bond acceptors (Lipinski definition) is 3. The number of carbonyl (C=O) groups is 1. The van der Waals surface area contributed by atoms with E-state index < -0.39 is 0 Å². The van der Waals surface area contributed by atoms with Gasteiger partial charge in [-0.15, -0.1) is 0 Å². The maximum atomic E-state index is 11.8. The number of rotatable bonds is 3. The van der Waals surface area contributed by atoms with E-state index in [0.717, 1.165) is 25.7 Å². The van der Waals surface area contributed by atoms with Crippen LogP contribution in [0.25, 0.3) is 0 Å². The monoisotopic (exact) mass is 229 g/mol. The Morgan fingerprint density at radius 1 is 1.44 bits per heavy atom. The summed E-state index contributed by atoms with van der Waals surface area (Å²) in [5.41, 5.74) is 0. The number of likely N-dealkylation sites (tertiary alicyclic amines) is 1. The average molecular weight is 229 g/mol. The summed E-state index contributed by atoms with van der Waals surface area (Å²) < 4.78 is 5.21. The summed E-state index contributed by atoms with van der Waals surface area (Å²) in [6, 6.07) is -0.0536. The first kappa shape index (κ1) is 13.3. The Morgan fingerprint density at radius 2 is 2.19 bits per heavy atom. The molecule has 94 valence electrons. The zero-order valence-corrected chi connectivity index (χ0v) is 10.3. The average Bonchev–Trinajstić information content (AvgIpc) is 2.50. The van der Waals surface area contributed by atoms with Gasteiger partial charge in [0.2, 0.25) is 0 Å².